The van der Waals surface area contributed by atoms with Crippen LogP contribution in [0, 0.1) is 0 Å². The predicted molar refractivity (Wildman–Crippen MR) is 104 cm³/mol. The fourth-order valence-corrected chi connectivity index (χ4v) is 2.59. The van der Waals surface area contributed by atoms with E-state index in [9.17, 15) is 4.79 Å². The van der Waals surface area contributed by atoms with Crippen molar-refractivity contribution < 1.29 is 4.79 Å². The van der Waals surface area contributed by atoms with Gasteiger partial charge in [0.1, 0.15) is 0 Å². The number of carbonyl (C=O) groups is 1. The monoisotopic (exact) mass is 345 g/mol. The number of amides is 1. The Morgan fingerprint density at radius 3 is 2.60 bits per heavy atom. The highest BCUT2D eigenvalue weighted by atomic mass is 16.2. The molecule has 1 fully saturated rings. The first-order valence-corrected chi connectivity index (χ1v) is 8.91. The van der Waals surface area contributed by atoms with Gasteiger partial charge in [0, 0.05) is 30.7 Å². The Bertz CT molecular complexity index is 597. The Kier molecular flexibility index (Phi) is 6.42. The summed E-state index contributed by atoms with van der Waals surface area (Å²) < 4.78 is 0. The minimum absolute atomic E-state index is 0.0239. The van der Waals surface area contributed by atoms with E-state index in [-0.39, 0.29) is 17.5 Å². The van der Waals surface area contributed by atoms with Gasteiger partial charge in [-0.1, -0.05) is 18.2 Å². The molecule has 1 atom stereocenters. The van der Waals surface area contributed by atoms with Crippen LogP contribution >= 0.6 is 0 Å². The first-order chi connectivity index (χ1) is 11.8. The van der Waals surface area contributed by atoms with Crippen LogP contribution in [-0.2, 0) is 4.79 Å². The first-order valence-electron chi connectivity index (χ1n) is 8.91. The number of likely N-dealkylation sites (N-methyl/N-ethyl adjacent to an activating group) is 1. The van der Waals surface area contributed by atoms with Crippen LogP contribution in [0.15, 0.2) is 35.3 Å². The van der Waals surface area contributed by atoms with Gasteiger partial charge >= 0.3 is 0 Å². The van der Waals surface area contributed by atoms with Crippen molar-refractivity contribution in [3.8, 4) is 0 Å². The molecule has 2 rings (SSSR count). The van der Waals surface area contributed by atoms with E-state index < -0.39 is 0 Å². The Balaban J connectivity index is 2.02. The maximum Gasteiger partial charge on any atom is 0.229 e. The number of hydrogen-bond donors (Lipinski definition) is 2. The Morgan fingerprint density at radius 2 is 2.00 bits per heavy atom. The van der Waals surface area contributed by atoms with Crippen LogP contribution in [0.1, 0.15) is 27.2 Å². The van der Waals surface area contributed by atoms with Crippen molar-refractivity contribution in [3.05, 3.63) is 30.3 Å². The quantitative estimate of drug-likeness (QED) is 0.608. The Hall–Kier alpha value is -2.08. The second kappa shape index (κ2) is 8.34. The van der Waals surface area contributed by atoms with Gasteiger partial charge in [-0.25, -0.2) is 0 Å². The van der Waals surface area contributed by atoms with Crippen LogP contribution in [-0.4, -0.2) is 62.1 Å². The second-order valence-electron chi connectivity index (χ2n) is 7.29. The fourth-order valence-electron chi connectivity index (χ4n) is 2.59. The van der Waals surface area contributed by atoms with E-state index in [1.54, 1.807) is 0 Å². The highest BCUT2D eigenvalue weighted by Crippen LogP contribution is 2.21. The molecule has 0 radical (unpaired) electrons. The molecule has 1 heterocycles. The molecule has 1 aliphatic heterocycles. The zero-order valence-electron chi connectivity index (χ0n) is 16.0. The van der Waals surface area contributed by atoms with Crippen LogP contribution in [0.4, 0.5) is 5.69 Å². The standard InChI is InChI=1S/C19H31N5O/c1-6-20-18(21-14-19(2,3)23(4)5)22-15-12-17(25)24(13-15)16-10-8-7-9-11-16/h7-11,15H,6,12-14H2,1-5H3,(H2,20,21,22). The molecule has 138 valence electrons. The van der Waals surface area contributed by atoms with Crippen LogP contribution in [0.2, 0.25) is 0 Å². The number of aliphatic imine (C=N–C) groups is 1. The molecule has 1 aliphatic rings. The number of anilines is 1. The Labute approximate surface area is 151 Å². The summed E-state index contributed by atoms with van der Waals surface area (Å²) in [5, 5.41) is 6.70. The molecule has 6 nitrogen and oxygen atoms in total. The van der Waals surface area contributed by atoms with Crippen molar-refractivity contribution >= 4 is 17.6 Å². The van der Waals surface area contributed by atoms with Gasteiger partial charge in [0.15, 0.2) is 5.96 Å². The second-order valence-corrected chi connectivity index (χ2v) is 7.29. The largest absolute Gasteiger partial charge is 0.357 e. The normalized spacial score (nSPS) is 18.8. The van der Waals surface area contributed by atoms with E-state index >= 15 is 0 Å². The van der Waals surface area contributed by atoms with Crippen molar-refractivity contribution in [3.63, 3.8) is 0 Å². The molecular formula is C19H31N5O. The van der Waals surface area contributed by atoms with Gasteiger partial charge in [-0.2, -0.15) is 0 Å². The third kappa shape index (κ3) is 5.19. The zero-order valence-corrected chi connectivity index (χ0v) is 16.0. The third-order valence-corrected chi connectivity index (χ3v) is 4.71. The Morgan fingerprint density at radius 1 is 1.32 bits per heavy atom. The lowest BCUT2D eigenvalue weighted by atomic mass is 10.1. The van der Waals surface area contributed by atoms with Crippen LogP contribution in [0.3, 0.4) is 0 Å². The average Bonchev–Trinajstić information content (AvgIpc) is 2.94. The molecule has 0 saturated carbocycles. The number of rotatable bonds is 6. The summed E-state index contributed by atoms with van der Waals surface area (Å²) in [5.41, 5.74) is 0.927. The number of para-hydroxylation sites is 1. The molecule has 25 heavy (non-hydrogen) atoms. The van der Waals surface area contributed by atoms with Crippen molar-refractivity contribution in [2.45, 2.75) is 38.8 Å². The van der Waals surface area contributed by atoms with Crippen LogP contribution in [0.25, 0.3) is 0 Å². The van der Waals surface area contributed by atoms with Gasteiger partial charge in [-0.05, 0) is 47.0 Å². The van der Waals surface area contributed by atoms with Crippen molar-refractivity contribution in [2.24, 2.45) is 4.99 Å². The molecule has 0 spiro atoms. The fraction of sp³-hybridized carbons (Fsp3) is 0.579. The third-order valence-electron chi connectivity index (χ3n) is 4.71. The smallest absolute Gasteiger partial charge is 0.229 e. The van der Waals surface area contributed by atoms with Gasteiger partial charge in [-0.3, -0.25) is 9.79 Å². The highest BCUT2D eigenvalue weighted by molar-refractivity contribution is 5.97. The van der Waals surface area contributed by atoms with E-state index in [1.807, 2.05) is 42.2 Å². The van der Waals surface area contributed by atoms with Crippen LogP contribution < -0.4 is 15.5 Å². The van der Waals surface area contributed by atoms with Gasteiger partial charge in [0.05, 0.1) is 12.6 Å². The number of hydrogen-bond acceptors (Lipinski definition) is 3. The van der Waals surface area contributed by atoms with Gasteiger partial charge in [0.25, 0.3) is 0 Å². The van der Waals surface area contributed by atoms with Crippen molar-refractivity contribution in [1.82, 2.24) is 15.5 Å². The summed E-state index contributed by atoms with van der Waals surface area (Å²) in [6.45, 7) is 8.50. The van der Waals surface area contributed by atoms with E-state index in [1.165, 1.54) is 0 Å². The van der Waals surface area contributed by atoms with Gasteiger partial charge < -0.3 is 20.4 Å². The summed E-state index contributed by atoms with van der Waals surface area (Å²) in [7, 11) is 4.12. The minimum Gasteiger partial charge on any atom is -0.357 e. The van der Waals surface area contributed by atoms with E-state index in [4.69, 9.17) is 4.99 Å². The highest BCUT2D eigenvalue weighted by Gasteiger charge is 2.31. The SMILES string of the molecule is CCNC(=NCC(C)(C)N(C)C)NC1CC(=O)N(c2ccccc2)C1. The summed E-state index contributed by atoms with van der Waals surface area (Å²) in [6.07, 6.45) is 0.483. The maximum atomic E-state index is 12.3. The number of guanidine groups is 1. The molecule has 1 saturated heterocycles. The average molecular weight is 345 g/mol. The lowest BCUT2D eigenvalue weighted by Crippen LogP contribution is -2.47. The van der Waals surface area contributed by atoms with Crippen LogP contribution in [0.5, 0.6) is 0 Å². The molecule has 1 amide bonds. The van der Waals surface area contributed by atoms with E-state index in [0.29, 0.717) is 19.5 Å². The molecule has 1 aromatic rings. The van der Waals surface area contributed by atoms with Crippen molar-refractivity contribution in [2.75, 3.05) is 38.6 Å². The van der Waals surface area contributed by atoms with E-state index in [2.05, 4.69) is 43.5 Å². The molecule has 1 unspecified atom stereocenters. The van der Waals surface area contributed by atoms with E-state index in [0.717, 1.165) is 18.2 Å². The van der Waals surface area contributed by atoms with Gasteiger partial charge in [-0.15, -0.1) is 0 Å². The first kappa shape index (κ1) is 19.2. The molecule has 0 bridgehead atoms. The number of carbonyl (C=O) groups excluding carboxylic acids is 1. The summed E-state index contributed by atoms with van der Waals surface area (Å²) in [4.78, 5) is 21.1. The lowest BCUT2D eigenvalue weighted by molar-refractivity contribution is -0.117. The molecular weight excluding hydrogens is 314 g/mol. The minimum atomic E-state index is -0.0239. The summed E-state index contributed by atoms with van der Waals surface area (Å²) in [5.74, 6) is 0.915. The number of nitrogens with one attached hydrogen (secondary N) is 2. The number of nitrogens with zero attached hydrogens (tertiary/aromatic N) is 3. The summed E-state index contributed by atoms with van der Waals surface area (Å²) in [6, 6.07) is 9.88. The number of benzene rings is 1. The van der Waals surface area contributed by atoms with Crippen molar-refractivity contribution in [1.29, 1.82) is 0 Å². The zero-order chi connectivity index (χ0) is 18.4. The maximum absolute atomic E-state index is 12.3. The lowest BCUT2D eigenvalue weighted by Gasteiger charge is -2.31. The molecule has 6 heteroatoms. The molecule has 2 N–H and O–H groups in total. The van der Waals surface area contributed by atoms with Gasteiger partial charge in [0.2, 0.25) is 5.91 Å². The molecule has 1 aromatic carbocycles. The topological polar surface area (TPSA) is 60.0 Å². The summed E-state index contributed by atoms with van der Waals surface area (Å²) >= 11 is 0. The predicted octanol–water partition coefficient (Wildman–Crippen LogP) is 1.69. The molecule has 0 aromatic heterocycles. The molecule has 0 aliphatic carbocycles.